The highest BCUT2D eigenvalue weighted by atomic mass is 16.5. The molecule has 1 aliphatic rings. The van der Waals surface area contributed by atoms with Crippen molar-refractivity contribution in [2.45, 2.75) is 13.3 Å². The Kier molecular flexibility index (Phi) is 3.12. The van der Waals surface area contributed by atoms with E-state index in [1.54, 1.807) is 0 Å². The molecule has 0 aliphatic carbocycles. The van der Waals surface area contributed by atoms with Crippen LogP contribution in [-0.4, -0.2) is 13.2 Å². The Morgan fingerprint density at radius 1 is 1.45 bits per heavy atom. The number of allylic oxidation sites excluding steroid dienone is 3. The zero-order valence-corrected chi connectivity index (χ0v) is 6.97. The topological polar surface area (TPSA) is 9.23 Å². The lowest BCUT2D eigenvalue weighted by Crippen LogP contribution is -2.10. The molecule has 0 aromatic rings. The van der Waals surface area contributed by atoms with Crippen LogP contribution in [0.4, 0.5) is 0 Å². The molecule has 1 aliphatic heterocycles. The first-order valence-corrected chi connectivity index (χ1v) is 3.93. The predicted molar refractivity (Wildman–Crippen MR) is 47.5 cm³/mol. The maximum atomic E-state index is 5.31. The average molecular weight is 150 g/mol. The van der Waals surface area contributed by atoms with E-state index in [4.69, 9.17) is 4.74 Å². The van der Waals surface area contributed by atoms with Crippen LogP contribution < -0.4 is 0 Å². The molecule has 0 N–H and O–H groups in total. The molecule has 0 saturated carbocycles. The summed E-state index contributed by atoms with van der Waals surface area (Å²) in [6, 6.07) is 0. The third kappa shape index (κ3) is 2.05. The van der Waals surface area contributed by atoms with Crippen LogP contribution >= 0.6 is 0 Å². The van der Waals surface area contributed by atoms with E-state index in [0.29, 0.717) is 0 Å². The molecule has 11 heavy (non-hydrogen) atoms. The fraction of sp³-hybridized carbons (Fsp3) is 0.400. The molecule has 0 aromatic carbocycles. The second-order valence-corrected chi connectivity index (χ2v) is 2.54. The number of rotatable bonds is 1. The minimum absolute atomic E-state index is 0.742. The van der Waals surface area contributed by atoms with Crippen LogP contribution in [-0.2, 0) is 4.74 Å². The molecule has 0 bridgehead atoms. The standard InChI is InChI=1S/C10H14O/c1-3-5-10-8-11-7-6-9(10)4-2/h3-5H,1,6-8H2,2H3. The van der Waals surface area contributed by atoms with Gasteiger partial charge in [-0.25, -0.2) is 0 Å². The van der Waals surface area contributed by atoms with E-state index in [0.717, 1.165) is 19.6 Å². The fourth-order valence-electron chi connectivity index (χ4n) is 1.24. The molecular weight excluding hydrogens is 136 g/mol. The quantitative estimate of drug-likeness (QED) is 0.558. The Hall–Kier alpha value is -0.820. The van der Waals surface area contributed by atoms with Gasteiger partial charge in [-0.2, -0.15) is 0 Å². The summed E-state index contributed by atoms with van der Waals surface area (Å²) in [7, 11) is 0. The largest absolute Gasteiger partial charge is 0.376 e. The van der Waals surface area contributed by atoms with Gasteiger partial charge in [0, 0.05) is 0 Å². The molecule has 0 unspecified atom stereocenters. The van der Waals surface area contributed by atoms with Gasteiger partial charge in [0.1, 0.15) is 0 Å². The monoisotopic (exact) mass is 150 g/mol. The molecule has 1 heteroatoms. The SMILES string of the molecule is C=CC=C1COCCC1=CC. The Morgan fingerprint density at radius 3 is 2.91 bits per heavy atom. The van der Waals surface area contributed by atoms with Gasteiger partial charge in [-0.15, -0.1) is 0 Å². The van der Waals surface area contributed by atoms with E-state index in [1.165, 1.54) is 11.1 Å². The highest BCUT2D eigenvalue weighted by Gasteiger charge is 2.09. The molecule has 1 heterocycles. The number of hydrogen-bond donors (Lipinski definition) is 0. The first-order valence-electron chi connectivity index (χ1n) is 3.93. The summed E-state index contributed by atoms with van der Waals surface area (Å²) >= 11 is 0. The van der Waals surface area contributed by atoms with Gasteiger partial charge in [0.05, 0.1) is 13.2 Å². The molecule has 60 valence electrons. The summed E-state index contributed by atoms with van der Waals surface area (Å²) in [6.07, 6.45) is 7.02. The third-order valence-corrected chi connectivity index (χ3v) is 1.85. The molecule has 0 radical (unpaired) electrons. The first kappa shape index (κ1) is 8.28. The second kappa shape index (κ2) is 4.14. The van der Waals surface area contributed by atoms with Crippen molar-refractivity contribution in [3.8, 4) is 0 Å². The lowest BCUT2D eigenvalue weighted by molar-refractivity contribution is 0.146. The Balaban J connectivity index is 2.74. The van der Waals surface area contributed by atoms with E-state index >= 15 is 0 Å². The molecule has 1 nitrogen and oxygen atoms in total. The number of hydrogen-bond acceptors (Lipinski definition) is 1. The van der Waals surface area contributed by atoms with E-state index in [2.05, 4.69) is 19.6 Å². The van der Waals surface area contributed by atoms with Gasteiger partial charge >= 0.3 is 0 Å². The minimum atomic E-state index is 0.742. The highest BCUT2D eigenvalue weighted by Crippen LogP contribution is 2.19. The van der Waals surface area contributed by atoms with Crippen LogP contribution in [0.1, 0.15) is 13.3 Å². The normalized spacial score (nSPS) is 25.9. The average Bonchev–Trinajstić information content (AvgIpc) is 2.06. The minimum Gasteiger partial charge on any atom is -0.376 e. The van der Waals surface area contributed by atoms with E-state index < -0.39 is 0 Å². The van der Waals surface area contributed by atoms with E-state index in [9.17, 15) is 0 Å². The molecule has 0 aromatic heterocycles. The van der Waals surface area contributed by atoms with Crippen LogP contribution in [0.2, 0.25) is 0 Å². The molecule has 0 atom stereocenters. The van der Waals surface area contributed by atoms with Crippen LogP contribution in [0.15, 0.2) is 36.0 Å². The van der Waals surface area contributed by atoms with Gasteiger partial charge in [0.15, 0.2) is 0 Å². The first-order chi connectivity index (χ1) is 5.38. The maximum absolute atomic E-state index is 5.31. The van der Waals surface area contributed by atoms with Crippen molar-refractivity contribution in [2.75, 3.05) is 13.2 Å². The van der Waals surface area contributed by atoms with Crippen LogP contribution in [0, 0.1) is 0 Å². The third-order valence-electron chi connectivity index (χ3n) is 1.85. The van der Waals surface area contributed by atoms with Gasteiger partial charge in [-0.05, 0) is 24.5 Å². The van der Waals surface area contributed by atoms with Crippen molar-refractivity contribution < 1.29 is 4.74 Å². The van der Waals surface area contributed by atoms with Crippen molar-refractivity contribution in [2.24, 2.45) is 0 Å². The molecule has 1 saturated heterocycles. The van der Waals surface area contributed by atoms with Crippen LogP contribution in [0.5, 0.6) is 0 Å². The summed E-state index contributed by atoms with van der Waals surface area (Å²) < 4.78 is 5.31. The fourth-order valence-corrected chi connectivity index (χ4v) is 1.24. The summed E-state index contributed by atoms with van der Waals surface area (Å²) in [5.41, 5.74) is 2.67. The van der Waals surface area contributed by atoms with Crippen molar-refractivity contribution in [3.63, 3.8) is 0 Å². The van der Waals surface area contributed by atoms with Crippen molar-refractivity contribution in [1.82, 2.24) is 0 Å². The molecule has 1 rings (SSSR count). The van der Waals surface area contributed by atoms with Gasteiger partial charge in [-0.1, -0.05) is 24.8 Å². The summed E-state index contributed by atoms with van der Waals surface area (Å²) in [5, 5.41) is 0. The van der Waals surface area contributed by atoms with Crippen LogP contribution in [0.3, 0.4) is 0 Å². The van der Waals surface area contributed by atoms with Crippen molar-refractivity contribution >= 4 is 0 Å². The predicted octanol–water partition coefficient (Wildman–Crippen LogP) is 2.47. The van der Waals surface area contributed by atoms with Gasteiger partial charge in [0.2, 0.25) is 0 Å². The summed E-state index contributed by atoms with van der Waals surface area (Å²) in [5.74, 6) is 0. The van der Waals surface area contributed by atoms with Crippen molar-refractivity contribution in [3.05, 3.63) is 36.0 Å². The highest BCUT2D eigenvalue weighted by molar-refractivity contribution is 5.34. The zero-order valence-electron chi connectivity index (χ0n) is 6.97. The lowest BCUT2D eigenvalue weighted by atomic mass is 10.0. The van der Waals surface area contributed by atoms with Crippen LogP contribution in [0.25, 0.3) is 0 Å². The molecule has 0 amide bonds. The number of ether oxygens (including phenoxy) is 1. The van der Waals surface area contributed by atoms with Gasteiger partial charge in [-0.3, -0.25) is 0 Å². The van der Waals surface area contributed by atoms with Gasteiger partial charge < -0.3 is 4.74 Å². The summed E-state index contributed by atoms with van der Waals surface area (Å²) in [6.45, 7) is 7.33. The molecule has 1 fully saturated rings. The Labute approximate surface area is 68.1 Å². The summed E-state index contributed by atoms with van der Waals surface area (Å²) in [4.78, 5) is 0. The lowest BCUT2D eigenvalue weighted by Gasteiger charge is -2.17. The molecular formula is C10H14O. The maximum Gasteiger partial charge on any atom is 0.0719 e. The zero-order chi connectivity index (χ0) is 8.10. The molecule has 0 spiro atoms. The smallest absolute Gasteiger partial charge is 0.0719 e. The van der Waals surface area contributed by atoms with E-state index in [1.807, 2.05) is 12.2 Å². The Bertz CT molecular complexity index is 199. The second-order valence-electron chi connectivity index (χ2n) is 2.54. The van der Waals surface area contributed by atoms with Gasteiger partial charge in [0.25, 0.3) is 0 Å². The van der Waals surface area contributed by atoms with Crippen molar-refractivity contribution in [1.29, 1.82) is 0 Å². The Morgan fingerprint density at radius 2 is 2.27 bits per heavy atom. The van der Waals surface area contributed by atoms with E-state index in [-0.39, 0.29) is 0 Å².